The van der Waals surface area contributed by atoms with Crippen molar-refractivity contribution >= 4 is 29.2 Å². The van der Waals surface area contributed by atoms with E-state index in [9.17, 15) is 14.0 Å². The van der Waals surface area contributed by atoms with Crippen LogP contribution in [0.15, 0.2) is 48.5 Å². The second-order valence-corrected chi connectivity index (χ2v) is 5.36. The molecule has 0 radical (unpaired) electrons. The molecule has 1 aliphatic heterocycles. The standard InChI is InChI=1S/C16H12ClFN2O2/c17-12-3-1-2-4-14(12)20-15(21)13(19-16(20)22)9-10-5-7-11(18)8-6-10/h1-8,13H,9H2,(H,19,22). The van der Waals surface area contributed by atoms with Crippen LogP contribution in [-0.2, 0) is 11.2 Å². The summed E-state index contributed by atoms with van der Waals surface area (Å²) in [6, 6.07) is 11.3. The van der Waals surface area contributed by atoms with Gasteiger partial charge in [-0.25, -0.2) is 14.1 Å². The van der Waals surface area contributed by atoms with Crippen molar-refractivity contribution in [2.24, 2.45) is 0 Å². The second-order valence-electron chi connectivity index (χ2n) is 4.96. The van der Waals surface area contributed by atoms with Crippen molar-refractivity contribution in [1.29, 1.82) is 0 Å². The lowest BCUT2D eigenvalue weighted by Gasteiger charge is -2.14. The number of rotatable bonds is 3. The predicted molar refractivity (Wildman–Crippen MR) is 81.4 cm³/mol. The van der Waals surface area contributed by atoms with Gasteiger partial charge in [-0.05, 0) is 29.8 Å². The highest BCUT2D eigenvalue weighted by Crippen LogP contribution is 2.28. The Morgan fingerprint density at radius 2 is 1.77 bits per heavy atom. The van der Waals surface area contributed by atoms with Crippen molar-refractivity contribution in [3.05, 3.63) is 64.9 Å². The third-order valence-electron chi connectivity index (χ3n) is 3.47. The molecule has 22 heavy (non-hydrogen) atoms. The van der Waals surface area contributed by atoms with Gasteiger partial charge < -0.3 is 5.32 Å². The quantitative estimate of drug-likeness (QED) is 0.884. The Labute approximate surface area is 131 Å². The molecular weight excluding hydrogens is 307 g/mol. The van der Waals surface area contributed by atoms with Gasteiger partial charge in [0.25, 0.3) is 5.91 Å². The zero-order chi connectivity index (χ0) is 15.7. The zero-order valence-corrected chi connectivity index (χ0v) is 12.2. The molecule has 1 saturated heterocycles. The first-order valence-corrected chi connectivity index (χ1v) is 7.07. The van der Waals surface area contributed by atoms with Crippen LogP contribution in [0.2, 0.25) is 5.02 Å². The number of amides is 3. The maximum atomic E-state index is 12.9. The van der Waals surface area contributed by atoms with E-state index in [-0.39, 0.29) is 11.7 Å². The number of carbonyl (C=O) groups excluding carboxylic acids is 2. The molecule has 1 unspecified atom stereocenters. The fraction of sp³-hybridized carbons (Fsp3) is 0.125. The van der Waals surface area contributed by atoms with Crippen LogP contribution in [0, 0.1) is 5.82 Å². The molecule has 112 valence electrons. The van der Waals surface area contributed by atoms with Gasteiger partial charge >= 0.3 is 6.03 Å². The largest absolute Gasteiger partial charge is 0.329 e. The van der Waals surface area contributed by atoms with Gasteiger partial charge in [0, 0.05) is 6.42 Å². The maximum absolute atomic E-state index is 12.9. The van der Waals surface area contributed by atoms with Crippen LogP contribution in [0.5, 0.6) is 0 Å². The summed E-state index contributed by atoms with van der Waals surface area (Å²) < 4.78 is 12.9. The van der Waals surface area contributed by atoms with Gasteiger partial charge in [-0.2, -0.15) is 0 Å². The summed E-state index contributed by atoms with van der Waals surface area (Å²) in [7, 11) is 0. The number of anilines is 1. The first kappa shape index (κ1) is 14.5. The Morgan fingerprint density at radius 1 is 1.09 bits per heavy atom. The molecule has 4 nitrogen and oxygen atoms in total. The number of urea groups is 1. The Hall–Kier alpha value is -2.40. The van der Waals surface area contributed by atoms with E-state index in [1.165, 1.54) is 12.1 Å². The number of hydrogen-bond donors (Lipinski definition) is 1. The number of benzene rings is 2. The third kappa shape index (κ3) is 2.67. The number of carbonyl (C=O) groups is 2. The zero-order valence-electron chi connectivity index (χ0n) is 11.4. The molecule has 6 heteroatoms. The number of hydrogen-bond acceptors (Lipinski definition) is 2. The van der Waals surface area contributed by atoms with Crippen molar-refractivity contribution < 1.29 is 14.0 Å². The molecule has 3 rings (SSSR count). The molecule has 0 aromatic heterocycles. The normalized spacial score (nSPS) is 17.7. The van der Waals surface area contributed by atoms with Gasteiger partial charge in [-0.1, -0.05) is 35.9 Å². The number of nitrogens with one attached hydrogen (secondary N) is 1. The minimum absolute atomic E-state index is 0.297. The van der Waals surface area contributed by atoms with Crippen LogP contribution in [0.3, 0.4) is 0 Å². The van der Waals surface area contributed by atoms with Crippen LogP contribution < -0.4 is 10.2 Å². The molecule has 1 N–H and O–H groups in total. The SMILES string of the molecule is O=C1NC(Cc2ccc(F)cc2)C(=O)N1c1ccccc1Cl. The molecule has 0 bridgehead atoms. The smallest absolute Gasteiger partial charge is 0.325 e. The van der Waals surface area contributed by atoms with E-state index in [4.69, 9.17) is 11.6 Å². The molecule has 2 aromatic carbocycles. The summed E-state index contributed by atoms with van der Waals surface area (Å²) in [6.07, 6.45) is 0.297. The molecule has 1 atom stereocenters. The Kier molecular flexibility index (Phi) is 3.81. The highest BCUT2D eigenvalue weighted by Gasteiger charge is 2.39. The minimum Gasteiger partial charge on any atom is -0.325 e. The summed E-state index contributed by atoms with van der Waals surface area (Å²) in [5.41, 5.74) is 1.12. The van der Waals surface area contributed by atoms with E-state index in [0.717, 1.165) is 10.5 Å². The molecule has 1 aliphatic rings. The molecule has 0 saturated carbocycles. The van der Waals surface area contributed by atoms with Crippen molar-refractivity contribution in [3.8, 4) is 0 Å². The fourth-order valence-electron chi connectivity index (χ4n) is 2.39. The van der Waals surface area contributed by atoms with E-state index in [1.54, 1.807) is 36.4 Å². The lowest BCUT2D eigenvalue weighted by molar-refractivity contribution is -0.118. The number of imide groups is 1. The minimum atomic E-state index is -0.686. The Bertz CT molecular complexity index is 733. The number of para-hydroxylation sites is 1. The Balaban J connectivity index is 1.82. The van der Waals surface area contributed by atoms with Crippen LogP contribution in [0.4, 0.5) is 14.9 Å². The summed E-state index contributed by atoms with van der Waals surface area (Å²) in [5.74, 6) is -0.717. The first-order chi connectivity index (χ1) is 10.6. The highest BCUT2D eigenvalue weighted by atomic mass is 35.5. The predicted octanol–water partition coefficient (Wildman–Crippen LogP) is 3.15. The number of nitrogens with zero attached hydrogens (tertiary/aromatic N) is 1. The Morgan fingerprint density at radius 3 is 2.45 bits per heavy atom. The van der Waals surface area contributed by atoms with E-state index >= 15 is 0 Å². The van der Waals surface area contributed by atoms with E-state index in [1.807, 2.05) is 0 Å². The molecule has 0 spiro atoms. The molecule has 1 fully saturated rings. The summed E-state index contributed by atoms with van der Waals surface area (Å²) in [6.45, 7) is 0. The van der Waals surface area contributed by atoms with Crippen molar-refractivity contribution in [3.63, 3.8) is 0 Å². The third-order valence-corrected chi connectivity index (χ3v) is 3.79. The van der Waals surface area contributed by atoms with Crippen LogP contribution >= 0.6 is 11.6 Å². The summed E-state index contributed by atoms with van der Waals surface area (Å²) in [5, 5.41) is 2.95. The van der Waals surface area contributed by atoms with E-state index in [0.29, 0.717) is 17.1 Å². The van der Waals surface area contributed by atoms with Crippen LogP contribution in [0.1, 0.15) is 5.56 Å². The van der Waals surface area contributed by atoms with Gasteiger partial charge in [0.15, 0.2) is 0 Å². The molecule has 1 heterocycles. The lowest BCUT2D eigenvalue weighted by atomic mass is 10.1. The van der Waals surface area contributed by atoms with Crippen molar-refractivity contribution in [1.82, 2.24) is 5.32 Å². The second kappa shape index (κ2) is 5.77. The van der Waals surface area contributed by atoms with Gasteiger partial charge in [-0.3, -0.25) is 4.79 Å². The average molecular weight is 319 g/mol. The average Bonchev–Trinajstić information content (AvgIpc) is 2.77. The van der Waals surface area contributed by atoms with Gasteiger partial charge in [-0.15, -0.1) is 0 Å². The fourth-order valence-corrected chi connectivity index (χ4v) is 2.61. The first-order valence-electron chi connectivity index (χ1n) is 6.69. The van der Waals surface area contributed by atoms with E-state index in [2.05, 4.69) is 5.32 Å². The molecule has 2 aromatic rings. The van der Waals surface area contributed by atoms with E-state index < -0.39 is 12.1 Å². The summed E-state index contributed by atoms with van der Waals surface area (Å²) >= 11 is 6.04. The molecular formula is C16H12ClFN2O2. The van der Waals surface area contributed by atoms with Crippen LogP contribution in [0.25, 0.3) is 0 Å². The van der Waals surface area contributed by atoms with Gasteiger partial charge in [0.05, 0.1) is 10.7 Å². The van der Waals surface area contributed by atoms with Gasteiger partial charge in [0.1, 0.15) is 11.9 Å². The van der Waals surface area contributed by atoms with Gasteiger partial charge in [0.2, 0.25) is 0 Å². The monoisotopic (exact) mass is 318 g/mol. The summed E-state index contributed by atoms with van der Waals surface area (Å²) in [4.78, 5) is 25.6. The topological polar surface area (TPSA) is 49.4 Å². The van der Waals surface area contributed by atoms with Crippen molar-refractivity contribution in [2.75, 3.05) is 4.90 Å². The highest BCUT2D eigenvalue weighted by molar-refractivity contribution is 6.35. The van der Waals surface area contributed by atoms with Crippen LogP contribution in [-0.4, -0.2) is 18.0 Å². The van der Waals surface area contributed by atoms with Crippen molar-refractivity contribution in [2.45, 2.75) is 12.5 Å². The molecule has 3 amide bonds. The molecule has 0 aliphatic carbocycles. The maximum Gasteiger partial charge on any atom is 0.329 e. The lowest BCUT2D eigenvalue weighted by Crippen LogP contribution is -2.32. The number of halogens is 2.